The van der Waals surface area contributed by atoms with E-state index >= 15 is 0 Å². The van der Waals surface area contributed by atoms with Crippen LogP contribution in [0.15, 0.2) is 41.1 Å². The van der Waals surface area contributed by atoms with E-state index in [1.807, 2.05) is 25.2 Å². The zero-order valence-corrected chi connectivity index (χ0v) is 13.6. The molecule has 0 saturated carbocycles. The van der Waals surface area contributed by atoms with Gasteiger partial charge in [-0.05, 0) is 31.5 Å². The molecule has 1 N–H and O–H groups in total. The van der Waals surface area contributed by atoms with Crippen LogP contribution < -0.4 is 10.2 Å². The summed E-state index contributed by atoms with van der Waals surface area (Å²) in [5.41, 5.74) is 1.43. The van der Waals surface area contributed by atoms with Gasteiger partial charge in [0.2, 0.25) is 0 Å². The molecule has 0 fully saturated rings. The number of nitrogens with one attached hydrogen (secondary N) is 1. The maximum atomic E-state index is 12.2. The normalized spacial score (nSPS) is 13.2. The summed E-state index contributed by atoms with van der Waals surface area (Å²) in [5, 5.41) is 29.8. The van der Waals surface area contributed by atoms with E-state index in [-0.39, 0.29) is 22.4 Å². The Hall–Kier alpha value is -3.56. The maximum absolute atomic E-state index is 12.2. The highest BCUT2D eigenvalue weighted by atomic mass is 16.2. The van der Waals surface area contributed by atoms with Gasteiger partial charge < -0.3 is 10.2 Å². The fourth-order valence-corrected chi connectivity index (χ4v) is 2.35. The molecule has 0 radical (unpaired) electrons. The van der Waals surface area contributed by atoms with Gasteiger partial charge in [0.05, 0.1) is 16.8 Å². The van der Waals surface area contributed by atoms with E-state index in [2.05, 4.69) is 24.1 Å². The Morgan fingerprint density at radius 3 is 2.17 bits per heavy atom. The molecule has 0 aliphatic carbocycles. The number of carbonyl (C=O) groups is 1. The minimum Gasteiger partial charge on any atom is -0.372 e. The Balaban J connectivity index is 2.55. The van der Waals surface area contributed by atoms with E-state index in [4.69, 9.17) is 10.5 Å². The number of hydrogen-bond acceptors (Lipinski definition) is 5. The van der Waals surface area contributed by atoms with Gasteiger partial charge in [0.15, 0.2) is 5.57 Å². The molecule has 0 spiro atoms. The molecule has 2 rings (SSSR count). The van der Waals surface area contributed by atoms with Gasteiger partial charge in [-0.15, -0.1) is 0 Å². The molecule has 0 bridgehead atoms. The predicted molar refractivity (Wildman–Crippen MR) is 88.9 cm³/mol. The van der Waals surface area contributed by atoms with Crippen LogP contribution in [0.25, 0.3) is 5.57 Å². The number of carbonyl (C=O) groups excluding carboxylic acids is 1. The molecule has 1 aliphatic rings. The van der Waals surface area contributed by atoms with Crippen LogP contribution in [0.1, 0.15) is 19.4 Å². The summed E-state index contributed by atoms with van der Waals surface area (Å²) < 4.78 is 0. The molecule has 0 unspecified atom stereocenters. The van der Waals surface area contributed by atoms with Crippen molar-refractivity contribution in [1.82, 2.24) is 5.32 Å². The Morgan fingerprint density at radius 2 is 1.71 bits per heavy atom. The summed E-state index contributed by atoms with van der Waals surface area (Å²) in [6.45, 7) is 4.13. The molecule has 0 atom stereocenters. The molecule has 1 amide bonds. The Kier molecular flexibility index (Phi) is 4.68. The number of benzene rings is 1. The summed E-state index contributed by atoms with van der Waals surface area (Å²) in [4.78, 5) is 14.3. The molecule has 0 aromatic heterocycles. The van der Waals surface area contributed by atoms with Crippen LogP contribution in [0, 0.1) is 34.0 Å². The monoisotopic (exact) mass is 317 g/mol. The quantitative estimate of drug-likeness (QED) is 0.861. The van der Waals surface area contributed by atoms with Crippen molar-refractivity contribution >= 4 is 17.2 Å². The average molecular weight is 317 g/mol. The Labute approximate surface area is 140 Å². The van der Waals surface area contributed by atoms with Crippen molar-refractivity contribution in [3.8, 4) is 18.2 Å². The van der Waals surface area contributed by atoms with Crippen molar-refractivity contribution in [3.05, 3.63) is 46.7 Å². The van der Waals surface area contributed by atoms with Gasteiger partial charge >= 0.3 is 0 Å². The van der Waals surface area contributed by atoms with Crippen LogP contribution in [0.5, 0.6) is 0 Å². The first kappa shape index (κ1) is 16.8. The summed E-state index contributed by atoms with van der Waals surface area (Å²) in [6.07, 6.45) is 0. The molecule has 6 nitrogen and oxygen atoms in total. The first-order chi connectivity index (χ1) is 11.4. The topological polar surface area (TPSA) is 104 Å². The first-order valence-electron chi connectivity index (χ1n) is 7.28. The van der Waals surface area contributed by atoms with Gasteiger partial charge in [-0.2, -0.15) is 15.8 Å². The van der Waals surface area contributed by atoms with Crippen molar-refractivity contribution in [2.45, 2.75) is 19.9 Å². The lowest BCUT2D eigenvalue weighted by Gasteiger charge is -2.23. The van der Waals surface area contributed by atoms with Crippen molar-refractivity contribution in [1.29, 1.82) is 15.8 Å². The molecular weight excluding hydrogens is 302 g/mol. The fourth-order valence-electron chi connectivity index (χ4n) is 2.35. The second kappa shape index (κ2) is 6.69. The zero-order chi connectivity index (χ0) is 17.9. The van der Waals surface area contributed by atoms with Crippen LogP contribution >= 0.6 is 0 Å². The lowest BCUT2D eigenvalue weighted by molar-refractivity contribution is -0.114. The van der Waals surface area contributed by atoms with Crippen molar-refractivity contribution < 1.29 is 4.79 Å². The highest BCUT2D eigenvalue weighted by Crippen LogP contribution is 2.31. The predicted octanol–water partition coefficient (Wildman–Crippen LogP) is 2.24. The smallest absolute Gasteiger partial charge is 0.257 e. The number of allylic oxidation sites excluding steroid dienone is 2. The van der Waals surface area contributed by atoms with Crippen molar-refractivity contribution in [3.63, 3.8) is 0 Å². The second-order valence-electron chi connectivity index (χ2n) is 5.54. The molecule has 6 heteroatoms. The Morgan fingerprint density at radius 1 is 1.12 bits per heavy atom. The molecule has 0 saturated heterocycles. The molecule has 1 aromatic carbocycles. The summed E-state index contributed by atoms with van der Waals surface area (Å²) in [5.74, 6) is -0.491. The number of nitriles is 3. The lowest BCUT2D eigenvalue weighted by Crippen LogP contribution is -2.25. The zero-order valence-electron chi connectivity index (χ0n) is 13.6. The second-order valence-corrected chi connectivity index (χ2v) is 5.54. The van der Waals surface area contributed by atoms with Gasteiger partial charge in [0.25, 0.3) is 5.91 Å². The molecule has 1 aromatic rings. The maximum Gasteiger partial charge on any atom is 0.257 e. The van der Waals surface area contributed by atoms with Crippen LogP contribution in [-0.4, -0.2) is 19.0 Å². The third-order valence-corrected chi connectivity index (χ3v) is 3.89. The fraction of sp³-hybridized carbons (Fsp3) is 0.222. The Bertz CT molecular complexity index is 854. The van der Waals surface area contributed by atoms with E-state index in [9.17, 15) is 10.1 Å². The van der Waals surface area contributed by atoms with Gasteiger partial charge in [0, 0.05) is 18.8 Å². The van der Waals surface area contributed by atoms with Crippen LogP contribution in [0.2, 0.25) is 0 Å². The SMILES string of the molecule is CC(C)N(C)c1ccc(C2=C(C#N)C(=C(C#N)C#N)NC2=O)cc1. The number of hydrogen-bond donors (Lipinski definition) is 1. The van der Waals surface area contributed by atoms with Crippen molar-refractivity contribution in [2.75, 3.05) is 11.9 Å². The highest BCUT2D eigenvalue weighted by molar-refractivity contribution is 6.26. The lowest BCUT2D eigenvalue weighted by atomic mass is 9.99. The molecule has 1 aliphatic heterocycles. The van der Waals surface area contributed by atoms with Gasteiger partial charge in [-0.25, -0.2) is 0 Å². The van der Waals surface area contributed by atoms with Crippen LogP contribution in [0.3, 0.4) is 0 Å². The van der Waals surface area contributed by atoms with E-state index in [0.717, 1.165) is 5.69 Å². The number of nitrogens with zero attached hydrogens (tertiary/aromatic N) is 4. The van der Waals surface area contributed by atoms with Gasteiger partial charge in [-0.3, -0.25) is 4.79 Å². The summed E-state index contributed by atoms with van der Waals surface area (Å²) in [6, 6.07) is 12.9. The number of anilines is 1. The highest BCUT2D eigenvalue weighted by Gasteiger charge is 2.31. The van der Waals surface area contributed by atoms with Crippen molar-refractivity contribution in [2.24, 2.45) is 0 Å². The number of rotatable bonds is 3. The number of amides is 1. The van der Waals surface area contributed by atoms with E-state index < -0.39 is 5.91 Å². The third kappa shape index (κ3) is 2.84. The van der Waals surface area contributed by atoms with Crippen LogP contribution in [-0.2, 0) is 4.79 Å². The van der Waals surface area contributed by atoms with E-state index in [1.165, 1.54) is 0 Å². The molecule has 1 heterocycles. The van der Waals surface area contributed by atoms with E-state index in [0.29, 0.717) is 11.6 Å². The van der Waals surface area contributed by atoms with Crippen LogP contribution in [0.4, 0.5) is 5.69 Å². The molecule has 118 valence electrons. The van der Waals surface area contributed by atoms with Gasteiger partial charge in [-0.1, -0.05) is 12.1 Å². The minimum absolute atomic E-state index is 0.0167. The standard InChI is InChI=1S/C18H15N5O/c1-11(2)23(3)14-6-4-12(5-7-14)16-15(10-21)17(22-18(16)24)13(8-19)9-20/h4-7,11H,1-3H3,(H,22,24). The summed E-state index contributed by atoms with van der Waals surface area (Å²) in [7, 11) is 1.97. The minimum atomic E-state index is -0.491. The molecular formula is C18H15N5O. The van der Waals surface area contributed by atoms with Gasteiger partial charge in [0.1, 0.15) is 18.2 Å². The largest absolute Gasteiger partial charge is 0.372 e. The molecule has 24 heavy (non-hydrogen) atoms. The average Bonchev–Trinajstić information content (AvgIpc) is 2.91. The summed E-state index contributed by atoms with van der Waals surface area (Å²) >= 11 is 0. The van der Waals surface area contributed by atoms with E-state index in [1.54, 1.807) is 24.3 Å². The first-order valence-corrected chi connectivity index (χ1v) is 7.28. The third-order valence-electron chi connectivity index (χ3n) is 3.89.